The second-order valence-electron chi connectivity index (χ2n) is 8.27. The number of methoxy groups -OCH3 is 1. The van der Waals surface area contributed by atoms with Gasteiger partial charge in [0.15, 0.2) is 0 Å². The molecule has 3 atom stereocenters. The van der Waals surface area contributed by atoms with E-state index in [9.17, 15) is 14.4 Å². The van der Waals surface area contributed by atoms with Gasteiger partial charge in [0, 0.05) is 42.2 Å². The number of unbranched alkanes of at least 4 members (excludes halogenated alkanes) is 1. The first-order valence-electron chi connectivity index (χ1n) is 10.5. The second kappa shape index (κ2) is 8.41. The van der Waals surface area contributed by atoms with Crippen molar-refractivity contribution in [2.75, 3.05) is 20.2 Å². The van der Waals surface area contributed by atoms with Crippen molar-refractivity contribution in [3.05, 3.63) is 36.0 Å². The summed E-state index contributed by atoms with van der Waals surface area (Å²) >= 11 is 0. The van der Waals surface area contributed by atoms with Gasteiger partial charge in [0.25, 0.3) is 5.91 Å². The number of nitrogens with one attached hydrogen (secondary N) is 2. The van der Waals surface area contributed by atoms with Gasteiger partial charge in [0.2, 0.25) is 5.91 Å². The lowest BCUT2D eigenvalue weighted by Crippen LogP contribution is -2.43. The molecule has 0 radical (unpaired) electrons. The lowest BCUT2D eigenvalue weighted by Gasteiger charge is -2.22. The Kier molecular flexibility index (Phi) is 5.67. The molecule has 9 nitrogen and oxygen atoms in total. The molecule has 9 heteroatoms. The van der Waals surface area contributed by atoms with Crippen molar-refractivity contribution >= 4 is 34.6 Å². The molecule has 2 aliphatic heterocycles. The Hall–Kier alpha value is -3.36. The monoisotopic (exact) mass is 425 g/mol. The van der Waals surface area contributed by atoms with Crippen LogP contribution in [0.15, 0.2) is 30.3 Å². The number of carbonyl (C=O) groups is 3. The van der Waals surface area contributed by atoms with Crippen LogP contribution in [0.4, 0.5) is 4.79 Å². The highest BCUT2D eigenvalue weighted by Gasteiger charge is 2.55. The Morgan fingerprint density at radius 3 is 2.74 bits per heavy atom. The number of H-pyrrole nitrogens is 1. The number of ether oxygens (including phenoxy) is 1. The van der Waals surface area contributed by atoms with Gasteiger partial charge in [0.1, 0.15) is 5.69 Å². The smallest absolute Gasteiger partial charge is 0.416 e. The number of hydrogen-bond acceptors (Lipinski definition) is 5. The Bertz CT molecular complexity index is 999. The number of aromatic amines is 1. The molecule has 1 aromatic heterocycles. The summed E-state index contributed by atoms with van der Waals surface area (Å²) in [6.07, 6.45) is 1.85. The van der Waals surface area contributed by atoms with E-state index in [1.54, 1.807) is 4.90 Å². The van der Waals surface area contributed by atoms with Gasteiger partial charge in [-0.25, -0.2) is 9.69 Å². The molecule has 164 valence electrons. The molecule has 2 aromatic rings. The lowest BCUT2D eigenvalue weighted by molar-refractivity contribution is -0.131. The Labute approximate surface area is 180 Å². The molecule has 2 fully saturated rings. The summed E-state index contributed by atoms with van der Waals surface area (Å²) in [4.78, 5) is 44.5. The van der Waals surface area contributed by atoms with E-state index in [1.807, 2.05) is 30.3 Å². The molecule has 0 bridgehead atoms. The number of amides is 3. The highest BCUT2D eigenvalue weighted by Crippen LogP contribution is 2.40. The molecular formula is C22H27N5O4. The van der Waals surface area contributed by atoms with Gasteiger partial charge in [-0.15, -0.1) is 0 Å². The number of nitrogens with zero attached hydrogens (tertiary/aromatic N) is 2. The van der Waals surface area contributed by atoms with Crippen LogP contribution < -0.4 is 5.73 Å². The van der Waals surface area contributed by atoms with E-state index in [2.05, 4.69) is 4.98 Å². The third-order valence-corrected chi connectivity index (χ3v) is 6.37. The van der Waals surface area contributed by atoms with E-state index < -0.39 is 6.09 Å². The van der Waals surface area contributed by atoms with Crippen molar-refractivity contribution in [2.24, 2.45) is 17.6 Å². The second-order valence-corrected chi connectivity index (χ2v) is 8.27. The first kappa shape index (κ1) is 20.9. The predicted molar refractivity (Wildman–Crippen MR) is 115 cm³/mol. The first-order chi connectivity index (χ1) is 14.9. The quantitative estimate of drug-likeness (QED) is 0.371. The van der Waals surface area contributed by atoms with Crippen LogP contribution in [0.25, 0.3) is 10.9 Å². The fraction of sp³-hybridized carbons (Fsp3) is 0.455. The van der Waals surface area contributed by atoms with E-state index in [-0.39, 0.29) is 35.5 Å². The van der Waals surface area contributed by atoms with Crippen LogP contribution in [0.3, 0.4) is 0 Å². The number of likely N-dealkylation sites (tertiary alicyclic amines) is 2. The zero-order valence-electron chi connectivity index (χ0n) is 17.5. The zero-order valence-corrected chi connectivity index (χ0v) is 17.5. The van der Waals surface area contributed by atoms with Crippen LogP contribution in [-0.2, 0) is 9.53 Å². The summed E-state index contributed by atoms with van der Waals surface area (Å²) in [6, 6.07) is 9.13. The standard InChI is InChI=1S/C22H27N5O4/c1-31-22(30)27-18-12-26(21(29)17-10-13-6-2-4-8-16(13)25-17)11-15(18)14(20(27)28)7-3-5-9-19(23)24/h2,4,6,8,10,14-15,18,25H,3,5,7,9,11-12H2,1H3,(H3,23,24)/t14-,15+,18-/m1/s1. The van der Waals surface area contributed by atoms with Crippen LogP contribution in [0.1, 0.15) is 36.2 Å². The van der Waals surface area contributed by atoms with E-state index in [1.165, 1.54) is 12.0 Å². The number of benzene rings is 1. The van der Waals surface area contributed by atoms with Gasteiger partial charge in [-0.1, -0.05) is 24.6 Å². The Balaban J connectivity index is 1.51. The molecule has 2 aliphatic rings. The van der Waals surface area contributed by atoms with Crippen molar-refractivity contribution in [2.45, 2.75) is 31.7 Å². The lowest BCUT2D eigenvalue weighted by atomic mass is 9.88. The highest BCUT2D eigenvalue weighted by atomic mass is 16.5. The number of aromatic nitrogens is 1. The number of nitrogens with two attached hydrogens (primary N) is 1. The molecule has 3 amide bonds. The Morgan fingerprint density at radius 2 is 2.03 bits per heavy atom. The van der Waals surface area contributed by atoms with E-state index in [0.717, 1.165) is 17.3 Å². The number of rotatable bonds is 6. The molecule has 1 aromatic carbocycles. The molecule has 0 spiro atoms. The van der Waals surface area contributed by atoms with Crippen LogP contribution >= 0.6 is 0 Å². The average molecular weight is 425 g/mol. The fourth-order valence-corrected chi connectivity index (χ4v) is 4.87. The number of imide groups is 1. The van der Waals surface area contributed by atoms with Gasteiger partial charge in [-0.2, -0.15) is 0 Å². The van der Waals surface area contributed by atoms with E-state index >= 15 is 0 Å². The summed E-state index contributed by atoms with van der Waals surface area (Å²) in [5.74, 6) is -0.725. The van der Waals surface area contributed by atoms with Crippen molar-refractivity contribution in [3.63, 3.8) is 0 Å². The minimum absolute atomic E-state index is 0.128. The summed E-state index contributed by atoms with van der Waals surface area (Å²) in [5.41, 5.74) is 6.80. The molecule has 0 unspecified atom stereocenters. The van der Waals surface area contributed by atoms with Crippen molar-refractivity contribution in [1.82, 2.24) is 14.8 Å². The van der Waals surface area contributed by atoms with Crippen molar-refractivity contribution in [3.8, 4) is 0 Å². The molecule has 4 N–H and O–H groups in total. The summed E-state index contributed by atoms with van der Waals surface area (Å²) < 4.78 is 4.85. The molecule has 0 aliphatic carbocycles. The minimum atomic E-state index is -0.675. The van der Waals surface area contributed by atoms with Crippen molar-refractivity contribution < 1.29 is 19.1 Å². The summed E-state index contributed by atoms with van der Waals surface area (Å²) in [6.45, 7) is 0.707. The predicted octanol–water partition coefficient (Wildman–Crippen LogP) is 2.33. The minimum Gasteiger partial charge on any atom is -0.452 e. The molecule has 31 heavy (non-hydrogen) atoms. The fourth-order valence-electron chi connectivity index (χ4n) is 4.87. The zero-order chi connectivity index (χ0) is 22.1. The topological polar surface area (TPSA) is 133 Å². The largest absolute Gasteiger partial charge is 0.452 e. The molecule has 2 saturated heterocycles. The van der Waals surface area contributed by atoms with Gasteiger partial charge in [0.05, 0.1) is 19.0 Å². The number of para-hydroxylation sites is 1. The van der Waals surface area contributed by atoms with E-state index in [4.69, 9.17) is 15.9 Å². The van der Waals surface area contributed by atoms with Crippen LogP contribution in [0.5, 0.6) is 0 Å². The summed E-state index contributed by atoms with van der Waals surface area (Å²) in [7, 11) is 1.26. The number of fused-ring (bicyclic) bond motifs is 2. The Morgan fingerprint density at radius 1 is 1.26 bits per heavy atom. The molecule has 0 saturated carbocycles. The summed E-state index contributed by atoms with van der Waals surface area (Å²) in [5, 5.41) is 8.30. The molecular weight excluding hydrogens is 398 g/mol. The molecule has 3 heterocycles. The maximum absolute atomic E-state index is 13.2. The maximum Gasteiger partial charge on any atom is 0.416 e. The highest BCUT2D eigenvalue weighted by molar-refractivity contribution is 5.99. The van der Waals surface area contributed by atoms with Gasteiger partial charge in [-0.3, -0.25) is 15.0 Å². The van der Waals surface area contributed by atoms with Crippen LogP contribution in [0, 0.1) is 17.2 Å². The number of amidine groups is 1. The maximum atomic E-state index is 13.2. The van der Waals surface area contributed by atoms with Crippen LogP contribution in [0.2, 0.25) is 0 Å². The van der Waals surface area contributed by atoms with Gasteiger partial charge in [-0.05, 0) is 25.0 Å². The molecule has 4 rings (SSSR count). The van der Waals surface area contributed by atoms with Crippen LogP contribution in [-0.4, -0.2) is 64.8 Å². The number of hydrogen-bond donors (Lipinski definition) is 3. The van der Waals surface area contributed by atoms with E-state index in [0.29, 0.717) is 38.0 Å². The average Bonchev–Trinajstić information content (AvgIpc) is 3.43. The normalized spacial score (nSPS) is 22.7. The van der Waals surface area contributed by atoms with Crippen molar-refractivity contribution in [1.29, 1.82) is 5.41 Å². The first-order valence-corrected chi connectivity index (χ1v) is 10.5. The third kappa shape index (κ3) is 3.87. The SMILES string of the molecule is COC(=O)N1C(=O)[C@H](CCCCC(=N)N)[C@@H]2CN(C(=O)c3cc4ccccc4[nH]3)C[C@H]21. The van der Waals surface area contributed by atoms with Gasteiger partial charge < -0.3 is 20.4 Å². The third-order valence-electron chi connectivity index (χ3n) is 6.37. The number of carbonyl (C=O) groups excluding carboxylic acids is 3. The van der Waals surface area contributed by atoms with Gasteiger partial charge >= 0.3 is 6.09 Å².